The minimum atomic E-state index is -1.83. The summed E-state index contributed by atoms with van der Waals surface area (Å²) in [5, 5.41) is 11.5. The molecule has 0 spiro atoms. The molecule has 0 aliphatic carbocycles. The Hall–Kier alpha value is -2.63. The molecule has 2 rings (SSSR count). The molecule has 0 fully saturated rings. The van der Waals surface area contributed by atoms with Crippen molar-refractivity contribution >= 4 is 40.1 Å². The van der Waals surface area contributed by atoms with Crippen LogP contribution in [0.2, 0.25) is 38.3 Å². The lowest BCUT2D eigenvalue weighted by Gasteiger charge is -2.34. The lowest BCUT2D eigenvalue weighted by atomic mass is 10.3. The Balaban J connectivity index is 1.60. The average molecular weight is 487 g/mol. The molecule has 0 atom stereocenters. The van der Waals surface area contributed by atoms with E-state index in [4.69, 9.17) is 4.12 Å². The lowest BCUT2D eigenvalue weighted by Crippen LogP contribution is -2.45. The van der Waals surface area contributed by atoms with Crippen LogP contribution in [-0.2, 0) is 4.12 Å². The largest absolute Gasteiger partial charge is 0.455 e. The molecular weight excluding hydrogens is 448 g/mol. The van der Waals surface area contributed by atoms with E-state index in [0.717, 1.165) is 36.3 Å². The van der Waals surface area contributed by atoms with E-state index in [1.807, 2.05) is 60.7 Å². The first kappa shape index (κ1) is 26.6. The third-order valence-electron chi connectivity index (χ3n) is 5.10. The normalized spacial score (nSPS) is 11.5. The van der Waals surface area contributed by atoms with Crippen LogP contribution in [0.25, 0.3) is 0 Å². The smallest absolute Gasteiger partial charge is 0.319 e. The number of nitrogens with one attached hydrogen (secondary N) is 4. The van der Waals surface area contributed by atoms with Gasteiger partial charge in [0.2, 0.25) is 0 Å². The maximum atomic E-state index is 12.0. The standard InChI is InChI=1S/C24H38N4O3Si2/c1-32(2,19-11-17-25-23(29)27-21-13-7-5-8-14-21)31-33(3,4)20-12-18-26-24(30)28-22-15-9-6-10-16-22/h5-10,13-16H,11-12,17-20H2,1-4H3,(H2,25,27,29)(H2,26,28,30). The molecule has 0 aliphatic rings. The molecule has 7 nitrogen and oxygen atoms in total. The predicted molar refractivity (Wildman–Crippen MR) is 142 cm³/mol. The van der Waals surface area contributed by atoms with E-state index in [2.05, 4.69) is 47.5 Å². The third-order valence-corrected chi connectivity index (χ3v) is 12.6. The Morgan fingerprint density at radius 3 is 1.39 bits per heavy atom. The van der Waals surface area contributed by atoms with Gasteiger partial charge in [0, 0.05) is 24.5 Å². The van der Waals surface area contributed by atoms with Crippen molar-refractivity contribution in [3.63, 3.8) is 0 Å². The van der Waals surface area contributed by atoms with Gasteiger partial charge in [-0.2, -0.15) is 0 Å². The number of rotatable bonds is 12. The monoisotopic (exact) mass is 486 g/mol. The van der Waals surface area contributed by atoms with Gasteiger partial charge in [-0.3, -0.25) is 0 Å². The van der Waals surface area contributed by atoms with Crippen LogP contribution in [-0.4, -0.2) is 41.8 Å². The first-order chi connectivity index (χ1) is 15.7. The summed E-state index contributed by atoms with van der Waals surface area (Å²) in [6.45, 7) is 10.2. The van der Waals surface area contributed by atoms with Gasteiger partial charge in [-0.1, -0.05) is 36.4 Å². The maximum absolute atomic E-state index is 12.0. The molecular formula is C24H38N4O3Si2. The van der Waals surface area contributed by atoms with Crippen LogP contribution in [0.4, 0.5) is 21.0 Å². The summed E-state index contributed by atoms with van der Waals surface area (Å²) in [5.41, 5.74) is 1.57. The minimum Gasteiger partial charge on any atom is -0.455 e. The highest BCUT2D eigenvalue weighted by Crippen LogP contribution is 2.23. The van der Waals surface area contributed by atoms with Crippen LogP contribution >= 0.6 is 0 Å². The molecule has 0 bridgehead atoms. The average Bonchev–Trinajstić information content (AvgIpc) is 2.75. The summed E-state index contributed by atoms with van der Waals surface area (Å²) in [7, 11) is -3.66. The zero-order valence-corrected chi connectivity index (χ0v) is 22.2. The fourth-order valence-corrected chi connectivity index (χ4v) is 12.5. The molecule has 0 heterocycles. The van der Waals surface area contributed by atoms with Crippen LogP contribution in [0.5, 0.6) is 0 Å². The molecule has 180 valence electrons. The summed E-state index contributed by atoms with van der Waals surface area (Å²) in [6.07, 6.45) is 1.79. The molecule has 2 aromatic rings. The van der Waals surface area contributed by atoms with E-state index in [1.54, 1.807) is 0 Å². The second kappa shape index (κ2) is 13.2. The van der Waals surface area contributed by atoms with Crippen molar-refractivity contribution in [3.05, 3.63) is 60.7 Å². The van der Waals surface area contributed by atoms with E-state index >= 15 is 0 Å². The molecule has 9 heteroatoms. The molecule has 0 saturated heterocycles. The summed E-state index contributed by atoms with van der Waals surface area (Å²) < 4.78 is 6.65. The van der Waals surface area contributed by atoms with Crippen molar-refractivity contribution in [1.82, 2.24) is 10.6 Å². The van der Waals surface area contributed by atoms with Crippen molar-refractivity contribution in [2.45, 2.75) is 51.1 Å². The third kappa shape index (κ3) is 11.7. The Morgan fingerprint density at radius 2 is 1.03 bits per heavy atom. The van der Waals surface area contributed by atoms with Gasteiger partial charge in [-0.05, 0) is 75.4 Å². The molecule has 0 saturated carbocycles. The fourth-order valence-electron chi connectivity index (χ4n) is 3.68. The number of benzene rings is 2. The lowest BCUT2D eigenvalue weighted by molar-refractivity contribution is 0.251. The van der Waals surface area contributed by atoms with E-state index in [0.29, 0.717) is 13.1 Å². The SMILES string of the molecule is C[Si](C)(CCCNC(=O)Nc1ccccc1)O[Si](C)(C)CCCNC(=O)Nc1ccccc1. The molecule has 0 aromatic heterocycles. The minimum absolute atomic E-state index is 0.180. The quantitative estimate of drug-likeness (QED) is 0.224. The van der Waals surface area contributed by atoms with E-state index in [-0.39, 0.29) is 12.1 Å². The highest BCUT2D eigenvalue weighted by molar-refractivity contribution is 6.84. The summed E-state index contributed by atoms with van der Waals surface area (Å²) >= 11 is 0. The van der Waals surface area contributed by atoms with Gasteiger partial charge in [0.15, 0.2) is 16.6 Å². The van der Waals surface area contributed by atoms with Gasteiger partial charge in [0.25, 0.3) is 0 Å². The molecule has 4 N–H and O–H groups in total. The van der Waals surface area contributed by atoms with E-state index in [9.17, 15) is 9.59 Å². The Kier molecular flexibility index (Phi) is 10.6. The van der Waals surface area contributed by atoms with Gasteiger partial charge >= 0.3 is 12.1 Å². The van der Waals surface area contributed by atoms with Gasteiger partial charge < -0.3 is 25.4 Å². The second-order valence-corrected chi connectivity index (χ2v) is 18.2. The fraction of sp³-hybridized carbons (Fsp3) is 0.417. The second-order valence-electron chi connectivity index (χ2n) is 9.32. The summed E-state index contributed by atoms with van der Waals surface area (Å²) in [6, 6.07) is 20.5. The summed E-state index contributed by atoms with van der Waals surface area (Å²) in [5.74, 6) is 0. The topological polar surface area (TPSA) is 91.5 Å². The Morgan fingerprint density at radius 1 is 0.667 bits per heavy atom. The van der Waals surface area contributed by atoms with Gasteiger partial charge in [-0.15, -0.1) is 0 Å². The first-order valence-corrected chi connectivity index (χ1v) is 17.8. The Bertz CT molecular complexity index is 793. The molecule has 0 radical (unpaired) electrons. The van der Waals surface area contributed by atoms with Crippen LogP contribution in [0.15, 0.2) is 60.7 Å². The number of carbonyl (C=O) groups excluding carboxylic acids is 2. The van der Waals surface area contributed by atoms with E-state index < -0.39 is 16.6 Å². The van der Waals surface area contributed by atoms with Crippen LogP contribution < -0.4 is 21.3 Å². The molecule has 0 aliphatic heterocycles. The number of amides is 4. The van der Waals surface area contributed by atoms with Crippen LogP contribution in [0.1, 0.15) is 12.8 Å². The highest BCUT2D eigenvalue weighted by Gasteiger charge is 2.32. The van der Waals surface area contributed by atoms with E-state index in [1.165, 1.54) is 0 Å². The van der Waals surface area contributed by atoms with Crippen LogP contribution in [0.3, 0.4) is 0 Å². The number of anilines is 2. The van der Waals surface area contributed by atoms with Gasteiger partial charge in [-0.25, -0.2) is 9.59 Å². The zero-order valence-electron chi connectivity index (χ0n) is 20.2. The van der Waals surface area contributed by atoms with Gasteiger partial charge in [0.05, 0.1) is 0 Å². The van der Waals surface area contributed by atoms with Crippen molar-refractivity contribution in [2.24, 2.45) is 0 Å². The van der Waals surface area contributed by atoms with Crippen LogP contribution in [0, 0.1) is 0 Å². The maximum Gasteiger partial charge on any atom is 0.319 e. The number of hydrogen-bond donors (Lipinski definition) is 4. The number of para-hydroxylation sites is 2. The first-order valence-electron chi connectivity index (χ1n) is 11.6. The summed E-state index contributed by atoms with van der Waals surface area (Å²) in [4.78, 5) is 24.0. The van der Waals surface area contributed by atoms with Crippen molar-refractivity contribution in [2.75, 3.05) is 23.7 Å². The Labute approximate surface area is 200 Å². The molecule has 2 aromatic carbocycles. The number of urea groups is 2. The molecule has 33 heavy (non-hydrogen) atoms. The van der Waals surface area contributed by atoms with Crippen molar-refractivity contribution in [3.8, 4) is 0 Å². The number of carbonyl (C=O) groups is 2. The highest BCUT2D eigenvalue weighted by atomic mass is 28.4. The molecule has 4 amide bonds. The number of hydrogen-bond acceptors (Lipinski definition) is 3. The molecule has 0 unspecified atom stereocenters. The van der Waals surface area contributed by atoms with Gasteiger partial charge in [0.1, 0.15) is 0 Å². The zero-order chi connectivity index (χ0) is 24.2. The van der Waals surface area contributed by atoms with Crippen molar-refractivity contribution < 1.29 is 13.7 Å². The van der Waals surface area contributed by atoms with Crippen molar-refractivity contribution in [1.29, 1.82) is 0 Å². The predicted octanol–water partition coefficient (Wildman–Crippen LogP) is 5.84.